The molecule has 2 aromatic rings. The average Bonchev–Trinajstić information content (AvgIpc) is 3.00. The van der Waals surface area contributed by atoms with Gasteiger partial charge in [0, 0.05) is 31.9 Å². The van der Waals surface area contributed by atoms with E-state index in [0.717, 1.165) is 43.1 Å². The van der Waals surface area contributed by atoms with E-state index in [2.05, 4.69) is 27.1 Å². The number of piperidine rings is 1. The van der Waals surface area contributed by atoms with E-state index in [9.17, 15) is 10.1 Å². The number of nitrogens with zero attached hydrogens (tertiary/aromatic N) is 4. The molecule has 3 rings (SSSR count). The molecule has 122 valence electrons. The fourth-order valence-electron chi connectivity index (χ4n) is 2.89. The lowest BCUT2D eigenvalue weighted by molar-refractivity contribution is -0.380. The summed E-state index contributed by atoms with van der Waals surface area (Å²) >= 11 is 1.10. The summed E-state index contributed by atoms with van der Waals surface area (Å²) in [6.45, 7) is 5.01. The smallest absolute Gasteiger partial charge is 0.345 e. The van der Waals surface area contributed by atoms with Gasteiger partial charge in [-0.3, -0.25) is 20.0 Å². The van der Waals surface area contributed by atoms with Crippen molar-refractivity contribution in [3.8, 4) is 0 Å². The Hall–Kier alpha value is -2.06. The van der Waals surface area contributed by atoms with Gasteiger partial charge in [0.15, 0.2) is 5.13 Å². The van der Waals surface area contributed by atoms with Crippen molar-refractivity contribution < 1.29 is 4.92 Å². The Morgan fingerprint density at radius 2 is 2.35 bits per heavy atom. The van der Waals surface area contributed by atoms with Crippen LogP contribution < -0.4 is 5.32 Å². The molecular formula is C15H19N5O2S. The molecule has 1 aliphatic rings. The standard InChI is InChI=1S/C15H19N5O2S/c1-11-9-19(10-12-4-2-3-6-16-12)7-5-13(11)18-15-17-8-14(23-15)20(21)22/h2-4,6,8,11,13H,5,7,9-10H2,1H3,(H,17,18)/t11-,13-/m1/s1. The third-order valence-corrected chi connectivity index (χ3v) is 4.96. The molecule has 0 bridgehead atoms. The zero-order valence-corrected chi connectivity index (χ0v) is 13.7. The highest BCUT2D eigenvalue weighted by Crippen LogP contribution is 2.28. The quantitative estimate of drug-likeness (QED) is 0.669. The van der Waals surface area contributed by atoms with Crippen LogP contribution in [0.15, 0.2) is 30.6 Å². The van der Waals surface area contributed by atoms with Crippen LogP contribution in [0.3, 0.4) is 0 Å². The van der Waals surface area contributed by atoms with Crippen LogP contribution in [0.4, 0.5) is 10.1 Å². The summed E-state index contributed by atoms with van der Waals surface area (Å²) in [6, 6.07) is 6.27. The topological polar surface area (TPSA) is 84.2 Å². The van der Waals surface area contributed by atoms with Gasteiger partial charge in [-0.15, -0.1) is 0 Å². The van der Waals surface area contributed by atoms with Crippen LogP contribution in [0.1, 0.15) is 19.0 Å². The Morgan fingerprint density at radius 3 is 3.00 bits per heavy atom. The minimum absolute atomic E-state index is 0.0766. The van der Waals surface area contributed by atoms with Gasteiger partial charge in [0.1, 0.15) is 6.20 Å². The molecule has 2 aromatic heterocycles. The maximum Gasteiger partial charge on any atom is 0.345 e. The van der Waals surface area contributed by atoms with E-state index in [0.29, 0.717) is 17.1 Å². The van der Waals surface area contributed by atoms with E-state index >= 15 is 0 Å². The van der Waals surface area contributed by atoms with Crippen molar-refractivity contribution >= 4 is 21.5 Å². The van der Waals surface area contributed by atoms with Crippen molar-refractivity contribution in [2.24, 2.45) is 5.92 Å². The highest BCUT2D eigenvalue weighted by Gasteiger charge is 2.27. The van der Waals surface area contributed by atoms with E-state index in [-0.39, 0.29) is 5.00 Å². The number of hydrogen-bond donors (Lipinski definition) is 1. The molecule has 0 saturated carbocycles. The first-order chi connectivity index (χ1) is 11.1. The van der Waals surface area contributed by atoms with E-state index < -0.39 is 4.92 Å². The number of thiazole rings is 1. The van der Waals surface area contributed by atoms with Gasteiger partial charge in [-0.05, 0) is 35.8 Å². The number of nitrogens with one attached hydrogen (secondary N) is 1. The summed E-state index contributed by atoms with van der Waals surface area (Å²) in [4.78, 5) is 21.2. The highest BCUT2D eigenvalue weighted by atomic mass is 32.1. The fourth-order valence-corrected chi connectivity index (χ4v) is 3.58. The summed E-state index contributed by atoms with van der Waals surface area (Å²) in [5.41, 5.74) is 1.08. The van der Waals surface area contributed by atoms with Crippen molar-refractivity contribution in [3.05, 3.63) is 46.4 Å². The zero-order chi connectivity index (χ0) is 16.2. The normalized spacial score (nSPS) is 22.0. The van der Waals surface area contributed by atoms with E-state index in [4.69, 9.17) is 0 Å². The van der Waals surface area contributed by atoms with Crippen molar-refractivity contribution in [1.29, 1.82) is 0 Å². The molecule has 0 spiro atoms. The van der Waals surface area contributed by atoms with Gasteiger partial charge in [0.2, 0.25) is 0 Å². The molecule has 0 radical (unpaired) electrons. The van der Waals surface area contributed by atoms with Gasteiger partial charge < -0.3 is 5.32 Å². The summed E-state index contributed by atoms with van der Waals surface area (Å²) in [5, 5.41) is 14.8. The lowest BCUT2D eigenvalue weighted by Gasteiger charge is -2.37. The van der Waals surface area contributed by atoms with Gasteiger partial charge in [-0.25, -0.2) is 4.98 Å². The maximum absolute atomic E-state index is 10.7. The van der Waals surface area contributed by atoms with Crippen LogP contribution in [-0.4, -0.2) is 38.9 Å². The first kappa shape index (κ1) is 15.8. The fraction of sp³-hybridized carbons (Fsp3) is 0.467. The summed E-state index contributed by atoms with van der Waals surface area (Å²) in [5.74, 6) is 0.440. The molecule has 0 aromatic carbocycles. The van der Waals surface area contributed by atoms with Crippen LogP contribution in [-0.2, 0) is 6.54 Å². The molecule has 8 heteroatoms. The van der Waals surface area contributed by atoms with Crippen molar-refractivity contribution in [2.75, 3.05) is 18.4 Å². The van der Waals surface area contributed by atoms with Crippen LogP contribution >= 0.6 is 11.3 Å². The monoisotopic (exact) mass is 333 g/mol. The Bertz CT molecular complexity index is 663. The van der Waals surface area contributed by atoms with Gasteiger partial charge >= 0.3 is 5.00 Å². The third kappa shape index (κ3) is 4.02. The molecule has 1 aliphatic heterocycles. The number of anilines is 1. The van der Waals surface area contributed by atoms with Crippen LogP contribution in [0.25, 0.3) is 0 Å². The largest absolute Gasteiger partial charge is 0.358 e. The number of pyridine rings is 1. The van der Waals surface area contributed by atoms with Gasteiger partial charge in [0.05, 0.1) is 10.6 Å². The number of rotatable bonds is 5. The third-order valence-electron chi connectivity index (χ3n) is 4.08. The number of nitro groups is 1. The molecule has 0 unspecified atom stereocenters. The molecule has 1 N–H and O–H groups in total. The predicted octanol–water partition coefficient (Wildman–Crippen LogP) is 2.77. The highest BCUT2D eigenvalue weighted by molar-refractivity contribution is 7.18. The summed E-state index contributed by atoms with van der Waals surface area (Å²) < 4.78 is 0. The average molecular weight is 333 g/mol. The second kappa shape index (κ2) is 7.01. The molecule has 0 amide bonds. The molecule has 3 heterocycles. The Kier molecular flexibility index (Phi) is 4.82. The molecule has 1 saturated heterocycles. The molecule has 0 aliphatic carbocycles. The second-order valence-electron chi connectivity index (χ2n) is 5.83. The van der Waals surface area contributed by atoms with Crippen molar-refractivity contribution in [2.45, 2.75) is 25.9 Å². The Labute approximate surface area is 138 Å². The second-order valence-corrected chi connectivity index (χ2v) is 6.84. The summed E-state index contributed by atoms with van der Waals surface area (Å²) in [6.07, 6.45) is 4.12. The van der Waals surface area contributed by atoms with Gasteiger partial charge in [-0.1, -0.05) is 13.0 Å². The van der Waals surface area contributed by atoms with Crippen LogP contribution in [0.5, 0.6) is 0 Å². The lowest BCUT2D eigenvalue weighted by atomic mass is 9.94. The molecule has 2 atom stereocenters. The lowest BCUT2D eigenvalue weighted by Crippen LogP contribution is -2.44. The van der Waals surface area contributed by atoms with Crippen LogP contribution in [0.2, 0.25) is 0 Å². The minimum Gasteiger partial charge on any atom is -0.358 e. The number of hydrogen-bond acceptors (Lipinski definition) is 7. The number of likely N-dealkylation sites (tertiary alicyclic amines) is 1. The van der Waals surface area contributed by atoms with Crippen molar-refractivity contribution in [3.63, 3.8) is 0 Å². The van der Waals surface area contributed by atoms with E-state index in [1.165, 1.54) is 6.20 Å². The van der Waals surface area contributed by atoms with Gasteiger partial charge in [0.25, 0.3) is 0 Å². The zero-order valence-electron chi connectivity index (χ0n) is 12.9. The van der Waals surface area contributed by atoms with E-state index in [1.54, 1.807) is 0 Å². The summed E-state index contributed by atoms with van der Waals surface area (Å²) in [7, 11) is 0. The van der Waals surface area contributed by atoms with Crippen molar-refractivity contribution in [1.82, 2.24) is 14.9 Å². The predicted molar refractivity (Wildman–Crippen MR) is 89.5 cm³/mol. The number of aromatic nitrogens is 2. The SMILES string of the molecule is C[C@@H]1CN(Cc2ccccn2)CC[C@H]1Nc1ncc([N+](=O)[O-])s1. The first-order valence-corrected chi connectivity index (χ1v) is 8.42. The first-order valence-electron chi connectivity index (χ1n) is 7.61. The van der Waals surface area contributed by atoms with Gasteiger partial charge in [-0.2, -0.15) is 0 Å². The molecule has 7 nitrogen and oxygen atoms in total. The molecular weight excluding hydrogens is 314 g/mol. The molecule has 1 fully saturated rings. The Morgan fingerprint density at radius 1 is 1.48 bits per heavy atom. The van der Waals surface area contributed by atoms with Crippen LogP contribution in [0, 0.1) is 16.0 Å². The maximum atomic E-state index is 10.7. The van der Waals surface area contributed by atoms with E-state index in [1.807, 2.05) is 24.4 Å². The molecule has 23 heavy (non-hydrogen) atoms. The minimum atomic E-state index is -0.401. The Balaban J connectivity index is 1.55.